The molecule has 3 aromatic rings. The van der Waals surface area contributed by atoms with Crippen molar-refractivity contribution in [3.05, 3.63) is 61.3 Å². The summed E-state index contributed by atoms with van der Waals surface area (Å²) >= 11 is 6.66. The van der Waals surface area contributed by atoms with Crippen molar-refractivity contribution >= 4 is 40.4 Å². The lowest BCUT2D eigenvalue weighted by atomic mass is 10.1. The Hall–Kier alpha value is -2.25. The highest BCUT2D eigenvalue weighted by Gasteiger charge is 2.30. The SMILES string of the molecule is O=C(c1ccc2c(=O)[nH]c(=S)[nH]c2c1)N1CCC[C@@H]1c1ccsc1. The summed E-state index contributed by atoms with van der Waals surface area (Å²) in [7, 11) is 0. The van der Waals surface area contributed by atoms with Gasteiger partial charge < -0.3 is 9.88 Å². The van der Waals surface area contributed by atoms with Gasteiger partial charge in [0.1, 0.15) is 0 Å². The molecule has 2 N–H and O–H groups in total. The fourth-order valence-electron chi connectivity index (χ4n) is 3.29. The number of hydrogen-bond donors (Lipinski definition) is 2. The van der Waals surface area contributed by atoms with Gasteiger partial charge in [-0.3, -0.25) is 14.6 Å². The number of aromatic amines is 2. The number of aromatic nitrogens is 2. The lowest BCUT2D eigenvalue weighted by Crippen LogP contribution is -2.30. The number of rotatable bonds is 2. The van der Waals surface area contributed by atoms with E-state index in [1.807, 2.05) is 10.3 Å². The Morgan fingerprint density at radius 3 is 2.96 bits per heavy atom. The number of amides is 1. The number of thiophene rings is 1. The molecule has 1 aliphatic rings. The second kappa shape index (κ2) is 5.99. The predicted molar refractivity (Wildman–Crippen MR) is 97.1 cm³/mol. The molecule has 5 nitrogen and oxygen atoms in total. The summed E-state index contributed by atoms with van der Waals surface area (Å²) in [5.74, 6) is -0.00907. The number of hydrogen-bond acceptors (Lipinski definition) is 4. The largest absolute Gasteiger partial charge is 0.332 e. The fourth-order valence-corrected chi connectivity index (χ4v) is 4.20. The Labute approximate surface area is 147 Å². The average Bonchev–Trinajstić information content (AvgIpc) is 3.24. The van der Waals surface area contributed by atoms with Gasteiger partial charge in [-0.05, 0) is 65.6 Å². The number of nitrogens with zero attached hydrogens (tertiary/aromatic N) is 1. The third-order valence-electron chi connectivity index (χ3n) is 4.43. The summed E-state index contributed by atoms with van der Waals surface area (Å²) < 4.78 is 0.259. The van der Waals surface area contributed by atoms with Crippen LogP contribution >= 0.6 is 23.6 Å². The first-order chi connectivity index (χ1) is 11.6. The fraction of sp³-hybridized carbons (Fsp3) is 0.235. The lowest BCUT2D eigenvalue weighted by molar-refractivity contribution is 0.0736. The standard InChI is InChI=1S/C17H15N3O2S2/c21-15-12-4-3-10(8-13(12)18-17(23)19-15)16(22)20-6-1-2-14(20)11-5-7-24-9-11/h3-5,7-9,14H,1-2,6H2,(H2,18,19,21,23)/t14-/m1/s1. The van der Waals surface area contributed by atoms with E-state index in [1.54, 1.807) is 29.5 Å². The number of nitrogens with one attached hydrogen (secondary N) is 2. The van der Waals surface area contributed by atoms with Crippen LogP contribution in [0.4, 0.5) is 0 Å². The van der Waals surface area contributed by atoms with Crippen molar-refractivity contribution in [1.82, 2.24) is 14.9 Å². The van der Waals surface area contributed by atoms with Gasteiger partial charge >= 0.3 is 0 Å². The molecule has 0 unspecified atom stereocenters. The minimum absolute atomic E-state index is 0.00907. The number of likely N-dealkylation sites (tertiary alicyclic amines) is 1. The van der Waals surface area contributed by atoms with Crippen molar-refractivity contribution < 1.29 is 4.79 Å². The van der Waals surface area contributed by atoms with E-state index in [2.05, 4.69) is 21.4 Å². The Kier molecular flexibility index (Phi) is 3.82. The van der Waals surface area contributed by atoms with Crippen LogP contribution in [0.2, 0.25) is 0 Å². The molecule has 1 atom stereocenters. The zero-order valence-electron chi connectivity index (χ0n) is 12.7. The zero-order valence-corrected chi connectivity index (χ0v) is 14.4. The number of H-pyrrole nitrogens is 2. The molecule has 7 heteroatoms. The molecule has 0 spiro atoms. The van der Waals surface area contributed by atoms with Gasteiger partial charge in [-0.2, -0.15) is 11.3 Å². The molecule has 24 heavy (non-hydrogen) atoms. The van der Waals surface area contributed by atoms with Gasteiger partial charge in [-0.1, -0.05) is 0 Å². The summed E-state index contributed by atoms with van der Waals surface area (Å²) in [6, 6.07) is 7.31. The Balaban J connectivity index is 1.73. The topological polar surface area (TPSA) is 69.0 Å². The minimum atomic E-state index is -0.245. The van der Waals surface area contributed by atoms with Gasteiger partial charge in [0.15, 0.2) is 4.77 Å². The Morgan fingerprint density at radius 2 is 2.17 bits per heavy atom. The second-order valence-corrected chi connectivity index (χ2v) is 7.07. The monoisotopic (exact) mass is 357 g/mol. The van der Waals surface area contributed by atoms with Crippen LogP contribution in [0, 0.1) is 4.77 Å². The first-order valence-corrected chi connectivity index (χ1v) is 9.08. The van der Waals surface area contributed by atoms with E-state index in [1.165, 1.54) is 5.56 Å². The van der Waals surface area contributed by atoms with Crippen LogP contribution in [0.3, 0.4) is 0 Å². The number of carbonyl (C=O) groups excluding carboxylic acids is 1. The summed E-state index contributed by atoms with van der Waals surface area (Å²) in [6.07, 6.45) is 1.99. The van der Waals surface area contributed by atoms with E-state index in [0.717, 1.165) is 19.4 Å². The van der Waals surface area contributed by atoms with Crippen molar-refractivity contribution in [2.24, 2.45) is 0 Å². The van der Waals surface area contributed by atoms with Crippen molar-refractivity contribution in [2.75, 3.05) is 6.54 Å². The molecular weight excluding hydrogens is 342 g/mol. The lowest BCUT2D eigenvalue weighted by Gasteiger charge is -2.24. The molecule has 0 saturated carbocycles. The molecule has 1 aliphatic heterocycles. The smallest absolute Gasteiger partial charge is 0.259 e. The summed E-state index contributed by atoms with van der Waals surface area (Å²) in [5, 5.41) is 4.64. The highest BCUT2D eigenvalue weighted by Crippen LogP contribution is 2.34. The predicted octanol–water partition coefficient (Wildman–Crippen LogP) is 3.62. The second-order valence-electron chi connectivity index (χ2n) is 5.88. The zero-order chi connectivity index (χ0) is 16.7. The van der Waals surface area contributed by atoms with Crippen molar-refractivity contribution in [2.45, 2.75) is 18.9 Å². The normalized spacial score (nSPS) is 17.5. The van der Waals surface area contributed by atoms with Crippen LogP contribution in [0.15, 0.2) is 39.8 Å². The summed E-state index contributed by atoms with van der Waals surface area (Å²) in [4.78, 5) is 32.3. The highest BCUT2D eigenvalue weighted by molar-refractivity contribution is 7.71. The van der Waals surface area contributed by atoms with E-state index >= 15 is 0 Å². The van der Waals surface area contributed by atoms with Gasteiger partial charge in [0, 0.05) is 12.1 Å². The number of carbonyl (C=O) groups is 1. The molecule has 1 amide bonds. The van der Waals surface area contributed by atoms with Gasteiger partial charge in [0.05, 0.1) is 16.9 Å². The maximum absolute atomic E-state index is 13.0. The molecule has 4 rings (SSSR count). The summed E-state index contributed by atoms with van der Waals surface area (Å²) in [5.41, 5.74) is 2.11. The van der Waals surface area contributed by atoms with Gasteiger partial charge in [-0.25, -0.2) is 0 Å². The van der Waals surface area contributed by atoms with E-state index in [4.69, 9.17) is 12.2 Å². The van der Waals surface area contributed by atoms with Crippen LogP contribution in [0.25, 0.3) is 10.9 Å². The molecule has 0 aliphatic carbocycles. The molecule has 1 aromatic carbocycles. The van der Waals surface area contributed by atoms with Crippen LogP contribution in [0.1, 0.15) is 34.8 Å². The van der Waals surface area contributed by atoms with E-state index in [-0.39, 0.29) is 22.3 Å². The van der Waals surface area contributed by atoms with Crippen LogP contribution in [-0.2, 0) is 0 Å². The maximum Gasteiger partial charge on any atom is 0.259 e. The molecule has 1 fully saturated rings. The highest BCUT2D eigenvalue weighted by atomic mass is 32.1. The van der Waals surface area contributed by atoms with Crippen molar-refractivity contribution in [1.29, 1.82) is 0 Å². The average molecular weight is 357 g/mol. The maximum atomic E-state index is 13.0. The molecule has 3 heterocycles. The molecular formula is C17H15N3O2S2. The number of fused-ring (bicyclic) bond motifs is 1. The Morgan fingerprint density at radius 1 is 1.29 bits per heavy atom. The first-order valence-electron chi connectivity index (χ1n) is 7.73. The molecule has 2 aromatic heterocycles. The van der Waals surface area contributed by atoms with Gasteiger partial charge in [0.2, 0.25) is 0 Å². The van der Waals surface area contributed by atoms with Gasteiger partial charge in [-0.15, -0.1) is 0 Å². The first kappa shape index (κ1) is 15.3. The molecule has 0 bridgehead atoms. The number of benzene rings is 1. The van der Waals surface area contributed by atoms with Crippen molar-refractivity contribution in [3.63, 3.8) is 0 Å². The van der Waals surface area contributed by atoms with Gasteiger partial charge in [0.25, 0.3) is 11.5 Å². The van der Waals surface area contributed by atoms with E-state index in [9.17, 15) is 9.59 Å². The quantitative estimate of drug-likeness (QED) is 0.688. The summed E-state index contributed by atoms with van der Waals surface area (Å²) in [6.45, 7) is 0.753. The molecule has 122 valence electrons. The van der Waals surface area contributed by atoms with Crippen LogP contribution in [-0.4, -0.2) is 27.3 Å². The Bertz CT molecular complexity index is 1020. The molecule has 0 radical (unpaired) electrons. The molecule has 1 saturated heterocycles. The minimum Gasteiger partial charge on any atom is -0.332 e. The third kappa shape index (κ3) is 2.59. The van der Waals surface area contributed by atoms with Crippen molar-refractivity contribution in [3.8, 4) is 0 Å². The van der Waals surface area contributed by atoms with Crippen LogP contribution < -0.4 is 5.56 Å². The van der Waals surface area contributed by atoms with E-state index in [0.29, 0.717) is 16.5 Å². The van der Waals surface area contributed by atoms with E-state index < -0.39 is 0 Å². The van der Waals surface area contributed by atoms with Crippen LogP contribution in [0.5, 0.6) is 0 Å². The third-order valence-corrected chi connectivity index (χ3v) is 5.33.